The smallest absolute Gasteiger partial charge is 0.169 e. The first-order valence-electron chi connectivity index (χ1n) is 4.93. The number of benzene rings is 1. The average molecular weight is 282 g/mol. The Balaban J connectivity index is 2.02. The van der Waals surface area contributed by atoms with Gasteiger partial charge in [-0.15, -0.1) is 0 Å². The van der Waals surface area contributed by atoms with Gasteiger partial charge in [-0.05, 0) is 58.7 Å². The molecule has 0 bridgehead atoms. The molecule has 0 saturated heterocycles. The van der Waals surface area contributed by atoms with Crippen LogP contribution >= 0.6 is 15.9 Å². The molecule has 0 atom stereocenters. The van der Waals surface area contributed by atoms with Crippen molar-refractivity contribution in [1.82, 2.24) is 0 Å². The van der Waals surface area contributed by atoms with E-state index in [9.17, 15) is 5.11 Å². The quantitative estimate of drug-likeness (QED) is 0.844. The van der Waals surface area contributed by atoms with Crippen LogP contribution in [0.3, 0.4) is 0 Å². The van der Waals surface area contributed by atoms with Crippen LogP contribution in [0, 0.1) is 6.92 Å². The molecule has 1 aromatic heterocycles. The van der Waals surface area contributed by atoms with Crippen LogP contribution in [0.25, 0.3) is 0 Å². The molecule has 0 fully saturated rings. The minimum Gasteiger partial charge on any atom is -0.508 e. The number of aromatic hydroxyl groups is 1. The van der Waals surface area contributed by atoms with Gasteiger partial charge in [0, 0.05) is 5.69 Å². The van der Waals surface area contributed by atoms with Crippen LogP contribution in [0.5, 0.6) is 5.75 Å². The van der Waals surface area contributed by atoms with Crippen molar-refractivity contribution in [3.63, 3.8) is 0 Å². The Hall–Kier alpha value is -1.42. The molecule has 2 N–H and O–H groups in total. The lowest BCUT2D eigenvalue weighted by atomic mass is 10.2. The standard InChI is InChI=1S/C12H12BrNO2/c1-8-6-9(2-4-11(8)15)14-7-10-3-5-12(13)16-10/h2-6,14-15H,7H2,1H3. The predicted octanol–water partition coefficient (Wildman–Crippen LogP) is 3.67. The number of hydrogen-bond donors (Lipinski definition) is 2. The van der Waals surface area contributed by atoms with Crippen LogP contribution in [0.4, 0.5) is 5.69 Å². The van der Waals surface area contributed by atoms with Crippen molar-refractivity contribution < 1.29 is 9.52 Å². The maximum Gasteiger partial charge on any atom is 0.169 e. The zero-order valence-electron chi connectivity index (χ0n) is 8.83. The molecule has 84 valence electrons. The Morgan fingerprint density at radius 2 is 2.12 bits per heavy atom. The first-order valence-corrected chi connectivity index (χ1v) is 5.72. The molecule has 3 nitrogen and oxygen atoms in total. The highest BCUT2D eigenvalue weighted by atomic mass is 79.9. The van der Waals surface area contributed by atoms with Gasteiger partial charge < -0.3 is 14.8 Å². The van der Waals surface area contributed by atoms with E-state index in [1.165, 1.54) is 0 Å². The van der Waals surface area contributed by atoms with Crippen molar-refractivity contribution in [2.24, 2.45) is 0 Å². The van der Waals surface area contributed by atoms with E-state index < -0.39 is 0 Å². The summed E-state index contributed by atoms with van der Waals surface area (Å²) in [5.41, 5.74) is 1.81. The van der Waals surface area contributed by atoms with Crippen molar-refractivity contribution in [2.45, 2.75) is 13.5 Å². The molecular weight excluding hydrogens is 270 g/mol. The minimum absolute atomic E-state index is 0.311. The number of hydrogen-bond acceptors (Lipinski definition) is 3. The monoisotopic (exact) mass is 281 g/mol. The molecule has 4 heteroatoms. The van der Waals surface area contributed by atoms with Crippen LogP contribution in [0.1, 0.15) is 11.3 Å². The Labute approximate surface area is 102 Å². The third kappa shape index (κ3) is 2.58. The summed E-state index contributed by atoms with van der Waals surface area (Å²) in [6.45, 7) is 2.49. The zero-order valence-corrected chi connectivity index (χ0v) is 10.4. The second-order valence-electron chi connectivity index (χ2n) is 3.56. The fraction of sp³-hybridized carbons (Fsp3) is 0.167. The molecule has 2 rings (SSSR count). The zero-order chi connectivity index (χ0) is 11.5. The molecule has 0 aliphatic carbocycles. The molecular formula is C12H12BrNO2. The average Bonchev–Trinajstić information content (AvgIpc) is 2.66. The summed E-state index contributed by atoms with van der Waals surface area (Å²) in [6, 6.07) is 9.17. The topological polar surface area (TPSA) is 45.4 Å². The van der Waals surface area contributed by atoms with Crippen molar-refractivity contribution in [3.8, 4) is 5.75 Å². The molecule has 2 aromatic rings. The summed E-state index contributed by atoms with van der Waals surface area (Å²) in [5.74, 6) is 1.17. The van der Waals surface area contributed by atoms with E-state index in [2.05, 4.69) is 21.2 Å². The fourth-order valence-electron chi connectivity index (χ4n) is 1.40. The van der Waals surface area contributed by atoms with Gasteiger partial charge in [-0.2, -0.15) is 0 Å². The first-order chi connectivity index (χ1) is 7.65. The number of phenolic OH excluding ortho intramolecular Hbond substituents is 1. The van der Waals surface area contributed by atoms with Gasteiger partial charge in [0.1, 0.15) is 11.5 Å². The summed E-state index contributed by atoms with van der Waals surface area (Å²) in [7, 11) is 0. The molecule has 0 aliphatic heterocycles. The summed E-state index contributed by atoms with van der Waals surface area (Å²) in [6.07, 6.45) is 0. The Morgan fingerprint density at radius 1 is 1.31 bits per heavy atom. The van der Waals surface area contributed by atoms with E-state index in [0.717, 1.165) is 21.7 Å². The number of rotatable bonds is 3. The van der Waals surface area contributed by atoms with Crippen LogP contribution < -0.4 is 5.32 Å². The summed E-state index contributed by atoms with van der Waals surface area (Å²) in [4.78, 5) is 0. The van der Waals surface area contributed by atoms with Gasteiger partial charge in [-0.1, -0.05) is 0 Å². The normalized spacial score (nSPS) is 10.4. The maximum absolute atomic E-state index is 9.38. The van der Waals surface area contributed by atoms with Gasteiger partial charge in [0.05, 0.1) is 6.54 Å². The lowest BCUT2D eigenvalue weighted by Crippen LogP contribution is -1.97. The van der Waals surface area contributed by atoms with Gasteiger partial charge in [0.2, 0.25) is 0 Å². The third-order valence-electron chi connectivity index (χ3n) is 2.29. The number of nitrogens with one attached hydrogen (secondary N) is 1. The van der Waals surface area contributed by atoms with E-state index in [-0.39, 0.29) is 0 Å². The fourth-order valence-corrected chi connectivity index (χ4v) is 1.74. The van der Waals surface area contributed by atoms with Crippen LogP contribution in [0.2, 0.25) is 0 Å². The molecule has 1 aromatic carbocycles. The lowest BCUT2D eigenvalue weighted by Gasteiger charge is -2.06. The van der Waals surface area contributed by atoms with Gasteiger partial charge in [-0.3, -0.25) is 0 Å². The number of aryl methyl sites for hydroxylation is 1. The van der Waals surface area contributed by atoms with Crippen molar-refractivity contribution in [2.75, 3.05) is 5.32 Å². The second-order valence-corrected chi connectivity index (χ2v) is 4.34. The van der Waals surface area contributed by atoms with Crippen LogP contribution in [-0.4, -0.2) is 5.11 Å². The molecule has 0 radical (unpaired) electrons. The SMILES string of the molecule is Cc1cc(NCc2ccc(Br)o2)ccc1O. The number of furan rings is 1. The van der Waals surface area contributed by atoms with Crippen LogP contribution in [-0.2, 0) is 6.54 Å². The van der Waals surface area contributed by atoms with E-state index in [1.54, 1.807) is 6.07 Å². The van der Waals surface area contributed by atoms with Gasteiger partial charge in [0.15, 0.2) is 4.67 Å². The Bertz CT molecular complexity index is 494. The van der Waals surface area contributed by atoms with E-state index in [0.29, 0.717) is 12.3 Å². The largest absolute Gasteiger partial charge is 0.508 e. The second kappa shape index (κ2) is 4.61. The number of anilines is 1. The molecule has 0 unspecified atom stereocenters. The first kappa shape index (κ1) is 11.1. The molecule has 0 amide bonds. The summed E-state index contributed by atoms with van der Waals surface area (Å²) >= 11 is 3.25. The molecule has 1 heterocycles. The summed E-state index contributed by atoms with van der Waals surface area (Å²) < 4.78 is 6.09. The molecule has 0 aliphatic rings. The predicted molar refractivity (Wildman–Crippen MR) is 66.6 cm³/mol. The highest BCUT2D eigenvalue weighted by Gasteiger charge is 2.01. The van der Waals surface area contributed by atoms with E-state index in [4.69, 9.17) is 4.42 Å². The van der Waals surface area contributed by atoms with E-state index in [1.807, 2.05) is 31.2 Å². The van der Waals surface area contributed by atoms with Gasteiger partial charge >= 0.3 is 0 Å². The van der Waals surface area contributed by atoms with Crippen molar-refractivity contribution in [1.29, 1.82) is 0 Å². The van der Waals surface area contributed by atoms with Crippen LogP contribution in [0.15, 0.2) is 39.4 Å². The van der Waals surface area contributed by atoms with Crippen molar-refractivity contribution >= 4 is 21.6 Å². The number of phenols is 1. The third-order valence-corrected chi connectivity index (χ3v) is 2.72. The molecule has 0 spiro atoms. The molecule has 16 heavy (non-hydrogen) atoms. The Morgan fingerprint density at radius 3 is 2.75 bits per heavy atom. The highest BCUT2D eigenvalue weighted by Crippen LogP contribution is 2.21. The van der Waals surface area contributed by atoms with Gasteiger partial charge in [-0.25, -0.2) is 0 Å². The highest BCUT2D eigenvalue weighted by molar-refractivity contribution is 9.10. The number of halogens is 1. The van der Waals surface area contributed by atoms with Gasteiger partial charge in [0.25, 0.3) is 0 Å². The maximum atomic E-state index is 9.38. The Kier molecular flexibility index (Phi) is 3.19. The molecule has 0 saturated carbocycles. The summed E-state index contributed by atoms with van der Waals surface area (Å²) in [5, 5.41) is 12.6. The van der Waals surface area contributed by atoms with E-state index >= 15 is 0 Å². The van der Waals surface area contributed by atoms with Crippen molar-refractivity contribution in [3.05, 3.63) is 46.3 Å². The lowest BCUT2D eigenvalue weighted by molar-refractivity contribution is 0.471. The minimum atomic E-state index is 0.311.